The fraction of sp³-hybridized carbons (Fsp3) is 0.261. The highest BCUT2D eigenvalue weighted by Crippen LogP contribution is 2.25. The van der Waals surface area contributed by atoms with Crippen LogP contribution in [-0.4, -0.2) is 27.2 Å². The molecule has 0 bridgehead atoms. The van der Waals surface area contributed by atoms with Crippen molar-refractivity contribution in [2.24, 2.45) is 0 Å². The number of para-hydroxylation sites is 2. The predicted octanol–water partition coefficient (Wildman–Crippen LogP) is 3.86. The van der Waals surface area contributed by atoms with E-state index in [9.17, 15) is 9.59 Å². The second kappa shape index (κ2) is 7.67. The van der Waals surface area contributed by atoms with Gasteiger partial charge in [0.15, 0.2) is 0 Å². The van der Waals surface area contributed by atoms with Gasteiger partial charge in [-0.05, 0) is 50.6 Å². The fourth-order valence-electron chi connectivity index (χ4n) is 3.85. The highest BCUT2D eigenvalue weighted by molar-refractivity contribution is 5.95. The molecule has 0 saturated heterocycles. The first-order valence-corrected chi connectivity index (χ1v) is 9.89. The van der Waals surface area contributed by atoms with Crippen LogP contribution in [0.2, 0.25) is 0 Å². The Kier molecular flexibility index (Phi) is 5.03. The van der Waals surface area contributed by atoms with Crippen LogP contribution in [0.25, 0.3) is 16.4 Å². The highest BCUT2D eigenvalue weighted by atomic mass is 16.5. The van der Waals surface area contributed by atoms with Crippen LogP contribution >= 0.6 is 0 Å². The van der Waals surface area contributed by atoms with Crippen molar-refractivity contribution < 1.29 is 9.53 Å². The van der Waals surface area contributed by atoms with Gasteiger partial charge >= 0.3 is 0 Å². The van der Waals surface area contributed by atoms with E-state index in [0.29, 0.717) is 29.2 Å². The van der Waals surface area contributed by atoms with Crippen LogP contribution in [0, 0.1) is 13.8 Å². The minimum Gasteiger partial charge on any atom is -0.495 e. The first-order chi connectivity index (χ1) is 14.4. The van der Waals surface area contributed by atoms with Crippen molar-refractivity contribution in [3.63, 3.8) is 0 Å². The Morgan fingerprint density at radius 2 is 1.90 bits per heavy atom. The number of nitrogens with zero attached hydrogens (tertiary/aromatic N) is 3. The minimum absolute atomic E-state index is 0.295. The molecule has 7 nitrogen and oxygen atoms in total. The van der Waals surface area contributed by atoms with E-state index in [-0.39, 0.29) is 11.5 Å². The lowest BCUT2D eigenvalue weighted by Crippen LogP contribution is -2.36. The molecule has 0 saturated carbocycles. The average Bonchev–Trinajstić information content (AvgIpc) is 3.12. The zero-order valence-electron chi connectivity index (χ0n) is 17.5. The van der Waals surface area contributed by atoms with Crippen LogP contribution in [0.1, 0.15) is 30.8 Å². The van der Waals surface area contributed by atoms with Gasteiger partial charge in [0.2, 0.25) is 5.91 Å². The molecule has 4 rings (SSSR count). The fourth-order valence-corrected chi connectivity index (χ4v) is 3.85. The second-order valence-corrected chi connectivity index (χ2v) is 7.34. The van der Waals surface area contributed by atoms with Crippen LogP contribution in [0.3, 0.4) is 0 Å². The number of benzene rings is 2. The Morgan fingerprint density at radius 1 is 1.13 bits per heavy atom. The largest absolute Gasteiger partial charge is 0.495 e. The summed E-state index contributed by atoms with van der Waals surface area (Å²) in [5.41, 5.74) is 2.81. The molecule has 0 aliphatic rings. The third-order valence-corrected chi connectivity index (χ3v) is 5.31. The molecule has 2 heterocycles. The van der Waals surface area contributed by atoms with Crippen molar-refractivity contribution in [2.75, 3.05) is 12.4 Å². The van der Waals surface area contributed by atoms with E-state index in [2.05, 4.69) is 10.4 Å². The normalized spacial score (nSPS) is 12.3. The summed E-state index contributed by atoms with van der Waals surface area (Å²) >= 11 is 0. The van der Waals surface area contributed by atoms with E-state index in [4.69, 9.17) is 4.74 Å². The number of amides is 1. The maximum atomic E-state index is 13.3. The molecule has 154 valence electrons. The monoisotopic (exact) mass is 404 g/mol. The Bertz CT molecular complexity index is 1320. The number of carbonyl (C=O) groups is 1. The number of hydrogen-bond acceptors (Lipinski definition) is 4. The van der Waals surface area contributed by atoms with Gasteiger partial charge in [0.1, 0.15) is 23.1 Å². The highest BCUT2D eigenvalue weighted by Gasteiger charge is 2.24. The molecule has 1 amide bonds. The molecular formula is C23H24N4O3. The first kappa shape index (κ1) is 19.7. The summed E-state index contributed by atoms with van der Waals surface area (Å²) in [6.07, 6.45) is 0.419. The van der Waals surface area contributed by atoms with Gasteiger partial charge in [-0.2, -0.15) is 5.10 Å². The Morgan fingerprint density at radius 3 is 2.63 bits per heavy atom. The van der Waals surface area contributed by atoms with Crippen LogP contribution in [0.15, 0.2) is 53.3 Å². The molecule has 7 heteroatoms. The van der Waals surface area contributed by atoms with Gasteiger partial charge in [0, 0.05) is 5.39 Å². The summed E-state index contributed by atoms with van der Waals surface area (Å²) in [5.74, 6) is 0.889. The molecule has 30 heavy (non-hydrogen) atoms. The van der Waals surface area contributed by atoms with E-state index in [0.717, 1.165) is 16.5 Å². The lowest BCUT2D eigenvalue weighted by atomic mass is 10.2. The van der Waals surface area contributed by atoms with Gasteiger partial charge in [-0.25, -0.2) is 4.68 Å². The number of nitrogens with one attached hydrogen (secondary N) is 1. The summed E-state index contributed by atoms with van der Waals surface area (Å²) < 4.78 is 8.45. The molecule has 4 aromatic rings. The zero-order valence-corrected chi connectivity index (χ0v) is 17.5. The molecule has 2 aromatic heterocycles. The van der Waals surface area contributed by atoms with Crippen molar-refractivity contribution in [3.8, 4) is 5.75 Å². The number of methoxy groups -OCH3 is 1. The molecule has 1 atom stereocenters. The average molecular weight is 404 g/mol. The van der Waals surface area contributed by atoms with E-state index in [1.54, 1.807) is 19.2 Å². The second-order valence-electron chi connectivity index (χ2n) is 7.34. The predicted molar refractivity (Wildman–Crippen MR) is 117 cm³/mol. The van der Waals surface area contributed by atoms with E-state index >= 15 is 0 Å². The molecule has 1 N–H and O–H groups in total. The molecule has 0 aliphatic carbocycles. The SMILES string of the molecule is CCC(C(=O)Nc1ccccc1OC)n1nc(C)n2c(cc3cc(C)ccc32)c1=O. The standard InChI is InChI=1S/C23H24N4O3/c1-5-18(22(28)24-17-8-6-7-9-21(17)30-4)27-23(29)20-13-16-12-14(2)10-11-19(16)26(20)15(3)25-27/h6-13,18H,5H2,1-4H3,(H,24,28). The summed E-state index contributed by atoms with van der Waals surface area (Å²) in [6, 6.07) is 14.3. The third kappa shape index (κ3) is 3.22. The number of hydrogen-bond donors (Lipinski definition) is 1. The number of aromatic nitrogens is 3. The molecule has 0 fully saturated rings. The van der Waals surface area contributed by atoms with E-state index < -0.39 is 6.04 Å². The van der Waals surface area contributed by atoms with Crippen molar-refractivity contribution in [3.05, 3.63) is 70.3 Å². The number of aryl methyl sites for hydroxylation is 2. The topological polar surface area (TPSA) is 77.6 Å². The Balaban J connectivity index is 1.80. The smallest absolute Gasteiger partial charge is 0.291 e. The molecule has 2 aromatic carbocycles. The lowest BCUT2D eigenvalue weighted by molar-refractivity contribution is -0.119. The molecule has 0 spiro atoms. The van der Waals surface area contributed by atoms with Crippen molar-refractivity contribution >= 4 is 28.0 Å². The van der Waals surface area contributed by atoms with Crippen LogP contribution in [-0.2, 0) is 4.79 Å². The van der Waals surface area contributed by atoms with Crippen molar-refractivity contribution in [1.82, 2.24) is 14.2 Å². The Hall–Kier alpha value is -3.61. The maximum Gasteiger partial charge on any atom is 0.291 e. The van der Waals surface area contributed by atoms with Gasteiger partial charge in [-0.3, -0.25) is 14.0 Å². The zero-order chi connectivity index (χ0) is 21.4. The molecule has 0 radical (unpaired) electrons. The minimum atomic E-state index is -0.745. The van der Waals surface area contributed by atoms with Crippen LogP contribution in [0.5, 0.6) is 5.75 Å². The van der Waals surface area contributed by atoms with Crippen LogP contribution in [0.4, 0.5) is 5.69 Å². The number of rotatable bonds is 5. The van der Waals surface area contributed by atoms with Crippen molar-refractivity contribution in [1.29, 1.82) is 0 Å². The van der Waals surface area contributed by atoms with Crippen molar-refractivity contribution in [2.45, 2.75) is 33.2 Å². The summed E-state index contributed by atoms with van der Waals surface area (Å²) in [6.45, 7) is 5.71. The van der Waals surface area contributed by atoms with Gasteiger partial charge in [-0.1, -0.05) is 30.7 Å². The van der Waals surface area contributed by atoms with Gasteiger partial charge < -0.3 is 10.1 Å². The summed E-state index contributed by atoms with van der Waals surface area (Å²) in [4.78, 5) is 26.3. The van der Waals surface area contributed by atoms with Crippen LogP contribution < -0.4 is 15.6 Å². The van der Waals surface area contributed by atoms with E-state index in [1.807, 2.05) is 61.6 Å². The summed E-state index contributed by atoms with van der Waals surface area (Å²) in [5, 5.41) is 8.34. The molecular weight excluding hydrogens is 380 g/mol. The van der Waals surface area contributed by atoms with E-state index in [1.165, 1.54) is 4.68 Å². The summed E-state index contributed by atoms with van der Waals surface area (Å²) in [7, 11) is 1.55. The first-order valence-electron chi connectivity index (χ1n) is 9.89. The third-order valence-electron chi connectivity index (χ3n) is 5.31. The number of carbonyl (C=O) groups excluding carboxylic acids is 1. The number of ether oxygens (including phenoxy) is 1. The quantitative estimate of drug-likeness (QED) is 0.548. The maximum absolute atomic E-state index is 13.3. The van der Waals surface area contributed by atoms with Gasteiger partial charge in [-0.15, -0.1) is 0 Å². The lowest BCUT2D eigenvalue weighted by Gasteiger charge is -2.19. The number of anilines is 1. The van der Waals surface area contributed by atoms with Gasteiger partial charge in [0.25, 0.3) is 5.56 Å². The van der Waals surface area contributed by atoms with Gasteiger partial charge in [0.05, 0.1) is 18.3 Å². The number of fused-ring (bicyclic) bond motifs is 3. The molecule has 0 aliphatic heterocycles. The Labute approximate surface area is 173 Å². The molecule has 1 unspecified atom stereocenters.